The lowest BCUT2D eigenvalue weighted by atomic mass is 10.1. The van der Waals surface area contributed by atoms with Crippen LogP contribution in [-0.2, 0) is 9.59 Å². The summed E-state index contributed by atoms with van der Waals surface area (Å²) >= 11 is 1.66. The minimum atomic E-state index is -0.334. The minimum absolute atomic E-state index is 0.0441. The molecule has 0 saturated carbocycles. The van der Waals surface area contributed by atoms with Crippen molar-refractivity contribution >= 4 is 35.0 Å². The molecule has 0 fully saturated rings. The summed E-state index contributed by atoms with van der Waals surface area (Å²) in [7, 11) is 1.82. The molecule has 3 rings (SSSR count). The summed E-state index contributed by atoms with van der Waals surface area (Å²) in [5.74, 6) is 0.249. The van der Waals surface area contributed by atoms with Crippen molar-refractivity contribution in [2.75, 3.05) is 18.5 Å². The van der Waals surface area contributed by atoms with Crippen LogP contribution >= 0.6 is 11.8 Å². The number of carbonyl (C=O) groups excluding carboxylic acids is 2. The first kappa shape index (κ1) is 18.3. The molecule has 136 valence electrons. The number of hydrogen-bond donors (Lipinski definition) is 0. The van der Waals surface area contributed by atoms with Crippen molar-refractivity contribution in [3.8, 4) is 5.75 Å². The van der Waals surface area contributed by atoms with Gasteiger partial charge in [0.2, 0.25) is 5.91 Å². The van der Waals surface area contributed by atoms with Gasteiger partial charge in [0.25, 0.3) is 0 Å². The highest BCUT2D eigenvalue weighted by atomic mass is 32.2. The number of anilines is 2. The standard InChI is InChI=1S/C20H22N2O3S/c1-13(21(4)14(2)23)12-22-17-7-5-6-8-19(17)26-20-11-16(25-15(3)24)9-10-18(20)22/h5-11,13H,12H2,1-4H3. The molecule has 2 aromatic carbocycles. The summed E-state index contributed by atoms with van der Waals surface area (Å²) in [6.45, 7) is 5.69. The highest BCUT2D eigenvalue weighted by Crippen LogP contribution is 2.49. The zero-order chi connectivity index (χ0) is 18.8. The van der Waals surface area contributed by atoms with Gasteiger partial charge >= 0.3 is 5.97 Å². The summed E-state index contributed by atoms with van der Waals surface area (Å²) in [5, 5.41) is 0. The third-order valence-corrected chi connectivity index (χ3v) is 5.58. The van der Waals surface area contributed by atoms with E-state index < -0.39 is 0 Å². The zero-order valence-corrected chi connectivity index (χ0v) is 16.2. The Morgan fingerprint density at radius 3 is 2.50 bits per heavy atom. The number of amides is 1. The molecule has 1 amide bonds. The Balaban J connectivity index is 1.98. The predicted octanol–water partition coefficient (Wildman–Crippen LogP) is 4.08. The summed E-state index contributed by atoms with van der Waals surface area (Å²) in [4.78, 5) is 29.1. The van der Waals surface area contributed by atoms with Gasteiger partial charge in [-0.3, -0.25) is 9.59 Å². The Hall–Kier alpha value is -2.47. The third-order valence-electron chi connectivity index (χ3n) is 4.46. The van der Waals surface area contributed by atoms with Crippen LogP contribution in [-0.4, -0.2) is 36.4 Å². The largest absolute Gasteiger partial charge is 0.427 e. The second kappa shape index (κ2) is 7.41. The fourth-order valence-electron chi connectivity index (χ4n) is 2.94. The molecule has 1 aliphatic rings. The molecule has 5 nitrogen and oxygen atoms in total. The first-order valence-electron chi connectivity index (χ1n) is 8.47. The topological polar surface area (TPSA) is 49.9 Å². The minimum Gasteiger partial charge on any atom is -0.427 e. The van der Waals surface area contributed by atoms with Gasteiger partial charge in [-0.25, -0.2) is 0 Å². The normalized spacial score (nSPS) is 13.5. The molecule has 0 aromatic heterocycles. The maximum Gasteiger partial charge on any atom is 0.308 e. The van der Waals surface area contributed by atoms with Gasteiger partial charge in [-0.2, -0.15) is 0 Å². The van der Waals surface area contributed by atoms with Crippen LogP contribution in [0.1, 0.15) is 20.8 Å². The maximum absolute atomic E-state index is 11.7. The summed E-state index contributed by atoms with van der Waals surface area (Å²) in [6, 6.07) is 13.9. The van der Waals surface area contributed by atoms with E-state index in [4.69, 9.17) is 4.74 Å². The molecular formula is C20H22N2O3S. The summed E-state index contributed by atoms with van der Waals surface area (Å²) < 4.78 is 5.23. The van der Waals surface area contributed by atoms with Crippen LogP contribution in [0.4, 0.5) is 11.4 Å². The first-order valence-corrected chi connectivity index (χ1v) is 9.28. The molecule has 26 heavy (non-hydrogen) atoms. The Kier molecular flexibility index (Phi) is 5.23. The number of likely N-dealkylation sites (N-methyl/N-ethyl adjacent to an activating group) is 1. The van der Waals surface area contributed by atoms with Gasteiger partial charge in [-0.05, 0) is 37.3 Å². The van der Waals surface area contributed by atoms with Gasteiger partial charge in [0.15, 0.2) is 0 Å². The predicted molar refractivity (Wildman–Crippen MR) is 103 cm³/mol. The molecule has 0 radical (unpaired) electrons. The highest BCUT2D eigenvalue weighted by Gasteiger charge is 2.26. The quantitative estimate of drug-likeness (QED) is 0.599. The average molecular weight is 370 g/mol. The number of para-hydroxylation sites is 1. The Bertz CT molecular complexity index is 853. The molecule has 1 unspecified atom stereocenters. The lowest BCUT2D eigenvalue weighted by Gasteiger charge is -2.36. The second-order valence-electron chi connectivity index (χ2n) is 6.38. The van der Waals surface area contributed by atoms with Gasteiger partial charge in [-0.15, -0.1) is 0 Å². The Morgan fingerprint density at radius 2 is 1.81 bits per heavy atom. The SMILES string of the molecule is CC(=O)Oc1ccc2c(c1)Sc1ccccc1N2CC(C)N(C)C(C)=O. The van der Waals surface area contributed by atoms with E-state index >= 15 is 0 Å². The van der Waals surface area contributed by atoms with E-state index in [1.807, 2.05) is 38.2 Å². The van der Waals surface area contributed by atoms with Gasteiger partial charge in [0.1, 0.15) is 5.75 Å². The van der Waals surface area contributed by atoms with Crippen LogP contribution in [0.15, 0.2) is 52.3 Å². The van der Waals surface area contributed by atoms with E-state index in [0.717, 1.165) is 21.2 Å². The molecule has 1 atom stereocenters. The molecule has 6 heteroatoms. The van der Waals surface area contributed by atoms with E-state index in [1.54, 1.807) is 29.7 Å². The number of hydrogen-bond acceptors (Lipinski definition) is 5. The van der Waals surface area contributed by atoms with Crippen molar-refractivity contribution in [1.82, 2.24) is 4.90 Å². The molecule has 0 bridgehead atoms. The monoisotopic (exact) mass is 370 g/mol. The van der Waals surface area contributed by atoms with Crippen molar-refractivity contribution < 1.29 is 14.3 Å². The molecule has 1 aliphatic heterocycles. The Labute approximate surface area is 157 Å². The lowest BCUT2D eigenvalue weighted by molar-refractivity contribution is -0.132. The van der Waals surface area contributed by atoms with Gasteiger partial charge in [0.05, 0.1) is 11.4 Å². The molecular weight excluding hydrogens is 348 g/mol. The summed E-state index contributed by atoms with van der Waals surface area (Å²) in [6.07, 6.45) is 0. The number of benzene rings is 2. The fourth-order valence-corrected chi connectivity index (χ4v) is 4.06. The average Bonchev–Trinajstić information content (AvgIpc) is 2.59. The van der Waals surface area contributed by atoms with Crippen molar-refractivity contribution in [3.05, 3.63) is 42.5 Å². The first-order chi connectivity index (χ1) is 12.4. The molecule has 0 aliphatic carbocycles. The molecule has 2 aromatic rings. The van der Waals surface area contributed by atoms with Crippen LogP contribution in [0, 0.1) is 0 Å². The molecule has 0 saturated heterocycles. The van der Waals surface area contributed by atoms with Crippen LogP contribution in [0.3, 0.4) is 0 Å². The maximum atomic E-state index is 11.7. The smallest absolute Gasteiger partial charge is 0.308 e. The van der Waals surface area contributed by atoms with Crippen LogP contribution < -0.4 is 9.64 Å². The molecule has 0 N–H and O–H groups in total. The van der Waals surface area contributed by atoms with Crippen LogP contribution in [0.5, 0.6) is 5.75 Å². The number of carbonyl (C=O) groups is 2. The van der Waals surface area contributed by atoms with Crippen molar-refractivity contribution in [2.45, 2.75) is 36.6 Å². The van der Waals surface area contributed by atoms with Gasteiger partial charge < -0.3 is 14.5 Å². The lowest BCUT2D eigenvalue weighted by Crippen LogP contribution is -2.41. The highest BCUT2D eigenvalue weighted by molar-refractivity contribution is 7.99. The van der Waals surface area contributed by atoms with Crippen LogP contribution in [0.2, 0.25) is 0 Å². The summed E-state index contributed by atoms with van der Waals surface area (Å²) in [5.41, 5.74) is 2.17. The van der Waals surface area contributed by atoms with Crippen molar-refractivity contribution in [2.24, 2.45) is 0 Å². The van der Waals surface area contributed by atoms with E-state index in [0.29, 0.717) is 12.3 Å². The van der Waals surface area contributed by atoms with E-state index in [1.165, 1.54) is 6.92 Å². The van der Waals surface area contributed by atoms with Crippen LogP contribution in [0.25, 0.3) is 0 Å². The van der Waals surface area contributed by atoms with Crippen molar-refractivity contribution in [1.29, 1.82) is 0 Å². The number of rotatable bonds is 4. The number of nitrogens with zero attached hydrogens (tertiary/aromatic N) is 2. The number of fused-ring (bicyclic) bond motifs is 2. The van der Waals surface area contributed by atoms with E-state index in [-0.39, 0.29) is 17.9 Å². The zero-order valence-electron chi connectivity index (χ0n) is 15.4. The van der Waals surface area contributed by atoms with Gasteiger partial charge in [-0.1, -0.05) is 23.9 Å². The van der Waals surface area contributed by atoms with Crippen molar-refractivity contribution in [3.63, 3.8) is 0 Å². The van der Waals surface area contributed by atoms with E-state index in [9.17, 15) is 9.59 Å². The third kappa shape index (κ3) is 3.70. The van der Waals surface area contributed by atoms with Gasteiger partial charge in [0, 0.05) is 43.3 Å². The van der Waals surface area contributed by atoms with E-state index in [2.05, 4.69) is 17.0 Å². The second-order valence-corrected chi connectivity index (χ2v) is 7.47. The number of esters is 1. The number of ether oxygens (including phenoxy) is 1. The molecule has 1 heterocycles. The molecule has 0 spiro atoms. The fraction of sp³-hybridized carbons (Fsp3) is 0.300. The Morgan fingerprint density at radius 1 is 1.12 bits per heavy atom.